The van der Waals surface area contributed by atoms with Crippen molar-refractivity contribution in [3.8, 4) is 0 Å². The number of hydrogen-bond acceptors (Lipinski definition) is 5. The highest BCUT2D eigenvalue weighted by Crippen LogP contribution is 2.33. The fraction of sp³-hybridized carbons (Fsp3) is 0.458. The standard InChI is InChI=1S/C24H27BrF3N5O3S/c1-4-37(35,36)32-9-7-16(8-10-32)13-33-15(3)22(14(2)31-33)30-23(34)19-12-21(24(26,27)28)29-20-6-5-17(25)11-18(19)20/h5-6,11-12,16H,4,7-10,13H2,1-3H3,(H,30,34). The van der Waals surface area contributed by atoms with Crippen molar-refractivity contribution in [1.82, 2.24) is 19.1 Å². The fourth-order valence-electron chi connectivity index (χ4n) is 4.56. The second-order valence-corrected chi connectivity index (χ2v) is 12.3. The molecule has 13 heteroatoms. The van der Waals surface area contributed by atoms with Gasteiger partial charge in [-0.25, -0.2) is 17.7 Å². The number of nitrogens with one attached hydrogen (secondary N) is 1. The zero-order chi connectivity index (χ0) is 27.1. The molecule has 37 heavy (non-hydrogen) atoms. The van der Waals surface area contributed by atoms with Gasteiger partial charge in [0.1, 0.15) is 5.69 Å². The van der Waals surface area contributed by atoms with Crippen LogP contribution in [-0.4, -0.2) is 52.2 Å². The van der Waals surface area contributed by atoms with Gasteiger partial charge in [-0.1, -0.05) is 15.9 Å². The molecular formula is C24H27BrF3N5O3S. The number of amides is 1. The van der Waals surface area contributed by atoms with Gasteiger partial charge in [0.15, 0.2) is 0 Å². The second-order valence-electron chi connectivity index (χ2n) is 9.14. The van der Waals surface area contributed by atoms with Crippen molar-refractivity contribution < 1.29 is 26.4 Å². The number of hydrogen-bond donors (Lipinski definition) is 1. The smallest absolute Gasteiger partial charge is 0.319 e. The molecule has 0 unspecified atom stereocenters. The van der Waals surface area contributed by atoms with Crippen molar-refractivity contribution in [3.63, 3.8) is 0 Å². The number of halogens is 4. The summed E-state index contributed by atoms with van der Waals surface area (Å²) >= 11 is 3.30. The quantitative estimate of drug-likeness (QED) is 0.422. The number of carbonyl (C=O) groups is 1. The number of sulfonamides is 1. The summed E-state index contributed by atoms with van der Waals surface area (Å²) < 4.78 is 68.5. The molecule has 0 radical (unpaired) electrons. The number of pyridine rings is 1. The Morgan fingerprint density at radius 3 is 2.49 bits per heavy atom. The number of alkyl halides is 3. The SMILES string of the molecule is CCS(=O)(=O)N1CCC(Cn2nc(C)c(NC(=O)c3cc(C(F)(F)F)nc4ccc(Br)cc34)c2C)CC1. The van der Waals surface area contributed by atoms with E-state index in [9.17, 15) is 26.4 Å². The number of carbonyl (C=O) groups excluding carboxylic acids is 1. The molecule has 1 N–H and O–H groups in total. The van der Waals surface area contributed by atoms with E-state index >= 15 is 0 Å². The van der Waals surface area contributed by atoms with Crippen molar-refractivity contribution in [2.75, 3.05) is 24.2 Å². The van der Waals surface area contributed by atoms with E-state index in [4.69, 9.17) is 0 Å². The highest BCUT2D eigenvalue weighted by atomic mass is 79.9. The highest BCUT2D eigenvalue weighted by molar-refractivity contribution is 9.10. The van der Waals surface area contributed by atoms with Crippen LogP contribution >= 0.6 is 15.9 Å². The van der Waals surface area contributed by atoms with Crippen LogP contribution in [0.4, 0.5) is 18.9 Å². The van der Waals surface area contributed by atoms with Gasteiger partial charge in [0, 0.05) is 29.5 Å². The molecule has 1 fully saturated rings. The van der Waals surface area contributed by atoms with Crippen molar-refractivity contribution in [3.05, 3.63) is 51.4 Å². The van der Waals surface area contributed by atoms with E-state index < -0.39 is 27.8 Å². The lowest BCUT2D eigenvalue weighted by atomic mass is 9.98. The van der Waals surface area contributed by atoms with Crippen LogP contribution in [0.15, 0.2) is 28.7 Å². The first-order valence-electron chi connectivity index (χ1n) is 11.8. The molecule has 3 heterocycles. The number of benzene rings is 1. The van der Waals surface area contributed by atoms with Gasteiger partial charge in [0.05, 0.1) is 33.9 Å². The third-order valence-corrected chi connectivity index (χ3v) is 9.06. The van der Waals surface area contributed by atoms with E-state index in [1.807, 2.05) is 0 Å². The summed E-state index contributed by atoms with van der Waals surface area (Å²) in [7, 11) is -3.21. The second kappa shape index (κ2) is 10.3. The fourth-order valence-corrected chi connectivity index (χ4v) is 6.06. The molecule has 1 aromatic carbocycles. The van der Waals surface area contributed by atoms with Gasteiger partial charge in [0.2, 0.25) is 10.0 Å². The number of piperidine rings is 1. The number of fused-ring (bicyclic) bond motifs is 1. The molecule has 2 aromatic heterocycles. The predicted octanol–water partition coefficient (Wildman–Crippen LogP) is 5.14. The molecule has 0 atom stereocenters. The largest absolute Gasteiger partial charge is 0.433 e. The Kier molecular flexibility index (Phi) is 7.69. The summed E-state index contributed by atoms with van der Waals surface area (Å²) in [6.45, 7) is 6.59. The number of anilines is 1. The van der Waals surface area contributed by atoms with Crippen molar-refractivity contribution in [2.45, 2.75) is 46.3 Å². The Morgan fingerprint density at radius 1 is 1.19 bits per heavy atom. The zero-order valence-corrected chi connectivity index (χ0v) is 23.0. The van der Waals surface area contributed by atoms with E-state index in [2.05, 4.69) is 31.3 Å². The minimum atomic E-state index is -4.71. The predicted molar refractivity (Wildman–Crippen MR) is 138 cm³/mol. The molecule has 0 aliphatic carbocycles. The van der Waals surface area contributed by atoms with Gasteiger partial charge in [-0.05, 0) is 63.8 Å². The number of aryl methyl sites for hydroxylation is 1. The summed E-state index contributed by atoms with van der Waals surface area (Å²) in [5.41, 5.74) is 0.411. The number of rotatable bonds is 6. The van der Waals surface area contributed by atoms with Gasteiger partial charge in [-0.15, -0.1) is 0 Å². The molecule has 0 spiro atoms. The van der Waals surface area contributed by atoms with Crippen molar-refractivity contribution in [1.29, 1.82) is 0 Å². The molecule has 4 rings (SSSR count). The van der Waals surface area contributed by atoms with Gasteiger partial charge in [0.25, 0.3) is 5.91 Å². The monoisotopic (exact) mass is 601 g/mol. The molecule has 3 aromatic rings. The van der Waals surface area contributed by atoms with Crippen LogP contribution in [0, 0.1) is 19.8 Å². The average molecular weight is 602 g/mol. The first kappa shape index (κ1) is 27.5. The van der Waals surface area contributed by atoms with Crippen LogP contribution < -0.4 is 5.32 Å². The minimum Gasteiger partial charge on any atom is -0.319 e. The molecule has 8 nitrogen and oxygen atoms in total. The maximum atomic E-state index is 13.5. The zero-order valence-electron chi connectivity index (χ0n) is 20.6. The van der Waals surface area contributed by atoms with Gasteiger partial charge in [-0.2, -0.15) is 18.3 Å². The summed E-state index contributed by atoms with van der Waals surface area (Å²) in [5.74, 6) is -0.410. The number of nitrogens with zero attached hydrogens (tertiary/aromatic N) is 4. The molecule has 1 amide bonds. The topological polar surface area (TPSA) is 97.2 Å². The van der Waals surface area contributed by atoms with Crippen LogP contribution in [0.25, 0.3) is 10.9 Å². The molecule has 200 valence electrons. The Labute approximate surface area is 221 Å². The molecule has 1 aliphatic heterocycles. The Hall–Kier alpha value is -2.51. The summed E-state index contributed by atoms with van der Waals surface area (Å²) in [4.78, 5) is 16.9. The Bertz CT molecular complexity index is 1450. The van der Waals surface area contributed by atoms with Gasteiger partial charge < -0.3 is 5.32 Å². The van der Waals surface area contributed by atoms with Crippen LogP contribution in [0.3, 0.4) is 0 Å². The van der Waals surface area contributed by atoms with E-state index in [-0.39, 0.29) is 28.1 Å². The lowest BCUT2D eigenvalue weighted by molar-refractivity contribution is -0.140. The van der Waals surface area contributed by atoms with Crippen LogP contribution in [-0.2, 0) is 22.7 Å². The van der Waals surface area contributed by atoms with Crippen LogP contribution in [0.2, 0.25) is 0 Å². The van der Waals surface area contributed by atoms with E-state index in [1.54, 1.807) is 37.6 Å². The maximum absolute atomic E-state index is 13.5. The molecular weight excluding hydrogens is 575 g/mol. The molecule has 1 aliphatic rings. The third kappa shape index (κ3) is 5.83. The van der Waals surface area contributed by atoms with Crippen molar-refractivity contribution in [2.24, 2.45) is 5.92 Å². The third-order valence-electron chi connectivity index (χ3n) is 6.69. The van der Waals surface area contributed by atoms with Crippen molar-refractivity contribution >= 4 is 48.5 Å². The normalized spacial score (nSPS) is 15.9. The first-order valence-corrected chi connectivity index (χ1v) is 14.2. The maximum Gasteiger partial charge on any atom is 0.433 e. The molecule has 1 saturated heterocycles. The summed E-state index contributed by atoms with van der Waals surface area (Å²) in [6.07, 6.45) is -3.33. The summed E-state index contributed by atoms with van der Waals surface area (Å²) in [5, 5.41) is 7.58. The van der Waals surface area contributed by atoms with E-state index in [0.717, 1.165) is 6.07 Å². The first-order chi connectivity index (χ1) is 17.3. The number of aromatic nitrogens is 3. The average Bonchev–Trinajstić information content (AvgIpc) is 3.10. The van der Waals surface area contributed by atoms with E-state index in [0.29, 0.717) is 54.0 Å². The minimum absolute atomic E-state index is 0.0590. The lowest BCUT2D eigenvalue weighted by Gasteiger charge is -2.31. The van der Waals surface area contributed by atoms with Gasteiger partial charge >= 0.3 is 6.18 Å². The van der Waals surface area contributed by atoms with Crippen LogP contribution in [0.1, 0.15) is 47.2 Å². The Morgan fingerprint density at radius 2 is 1.86 bits per heavy atom. The lowest BCUT2D eigenvalue weighted by Crippen LogP contribution is -2.40. The Balaban J connectivity index is 1.57. The van der Waals surface area contributed by atoms with E-state index in [1.165, 1.54) is 10.4 Å². The van der Waals surface area contributed by atoms with Crippen LogP contribution in [0.5, 0.6) is 0 Å². The molecule has 0 saturated carbocycles. The van der Waals surface area contributed by atoms with Gasteiger partial charge in [-0.3, -0.25) is 9.48 Å². The summed E-state index contributed by atoms with van der Waals surface area (Å²) in [6, 6.07) is 5.32. The molecule has 0 bridgehead atoms. The highest BCUT2D eigenvalue weighted by Gasteiger charge is 2.34.